The smallest absolute Gasteiger partial charge is 0.329 e. The fourth-order valence-corrected chi connectivity index (χ4v) is 5.61. The van der Waals surface area contributed by atoms with E-state index in [9.17, 15) is 4.79 Å². The van der Waals surface area contributed by atoms with Gasteiger partial charge >= 0.3 is 5.97 Å². The highest BCUT2D eigenvalue weighted by atomic mass is 35.5. The molecule has 2 aliphatic rings. The summed E-state index contributed by atoms with van der Waals surface area (Å²) >= 11 is 5.95. The summed E-state index contributed by atoms with van der Waals surface area (Å²) in [6.45, 7) is 13.3. The fourth-order valence-electron chi connectivity index (χ4n) is 5.56. The first-order valence-electron chi connectivity index (χ1n) is 10.1. The zero-order chi connectivity index (χ0) is 19.3. The number of alkyl halides is 1. The van der Waals surface area contributed by atoms with Crippen molar-refractivity contribution in [1.82, 2.24) is 0 Å². The molecular formula is C23H33ClO2. The Bertz CT molecular complexity index is 704. The number of carbonyl (C=O) groups excluding carboxylic acids is 1. The molecule has 1 aromatic carbocycles. The van der Waals surface area contributed by atoms with E-state index in [0.717, 1.165) is 12.0 Å². The van der Waals surface area contributed by atoms with Gasteiger partial charge in [-0.3, -0.25) is 4.79 Å². The maximum Gasteiger partial charge on any atom is 0.329 e. The number of fused-ring (bicyclic) bond motifs is 3. The van der Waals surface area contributed by atoms with Gasteiger partial charge in [0.1, 0.15) is 11.1 Å². The van der Waals surface area contributed by atoms with Crippen LogP contribution in [0.2, 0.25) is 0 Å². The Morgan fingerprint density at radius 1 is 1.19 bits per heavy atom. The molecule has 0 spiro atoms. The lowest BCUT2D eigenvalue weighted by Crippen LogP contribution is -2.47. The number of aryl methyl sites for hydroxylation is 1. The molecule has 26 heavy (non-hydrogen) atoms. The number of esters is 1. The van der Waals surface area contributed by atoms with Crippen molar-refractivity contribution in [2.24, 2.45) is 11.3 Å². The summed E-state index contributed by atoms with van der Waals surface area (Å²) in [6, 6.07) is 4.47. The molecule has 0 amide bonds. The van der Waals surface area contributed by atoms with Crippen LogP contribution in [-0.4, -0.2) is 11.3 Å². The third kappa shape index (κ3) is 3.30. The SMILES string of the molecule is CC(Cl)C(=O)Oc1cc2c(cc1C(C)C)CC[C@H]1C(C)(C)CCC[C@]21C. The Hall–Kier alpha value is -1.02. The Kier molecular flexibility index (Phi) is 5.20. The van der Waals surface area contributed by atoms with Crippen molar-refractivity contribution in [3.8, 4) is 5.75 Å². The minimum atomic E-state index is -0.636. The first kappa shape index (κ1) is 19.7. The van der Waals surface area contributed by atoms with Crippen molar-refractivity contribution in [3.05, 3.63) is 28.8 Å². The van der Waals surface area contributed by atoms with E-state index in [2.05, 4.69) is 46.8 Å². The van der Waals surface area contributed by atoms with E-state index >= 15 is 0 Å². The summed E-state index contributed by atoms with van der Waals surface area (Å²) in [6.07, 6.45) is 6.16. The van der Waals surface area contributed by atoms with E-state index < -0.39 is 5.38 Å². The quantitative estimate of drug-likeness (QED) is 0.348. The number of ether oxygens (including phenoxy) is 1. The van der Waals surface area contributed by atoms with Gasteiger partial charge in [-0.25, -0.2) is 0 Å². The molecule has 0 N–H and O–H groups in total. The van der Waals surface area contributed by atoms with Crippen molar-refractivity contribution in [2.75, 3.05) is 0 Å². The Morgan fingerprint density at radius 3 is 2.50 bits per heavy atom. The van der Waals surface area contributed by atoms with Crippen molar-refractivity contribution in [2.45, 2.75) is 90.4 Å². The van der Waals surface area contributed by atoms with Crippen LogP contribution in [0.3, 0.4) is 0 Å². The summed E-state index contributed by atoms with van der Waals surface area (Å²) in [7, 11) is 0. The second-order valence-electron chi connectivity index (χ2n) is 9.59. The molecule has 1 saturated carbocycles. The molecular weight excluding hydrogens is 344 g/mol. The Labute approximate surface area is 163 Å². The minimum Gasteiger partial charge on any atom is -0.425 e. The third-order valence-electron chi connectivity index (χ3n) is 6.94. The number of rotatable bonds is 3. The number of hydrogen-bond donors (Lipinski definition) is 0. The Balaban J connectivity index is 2.10. The molecule has 1 fully saturated rings. The number of halogens is 1. The lowest BCUT2D eigenvalue weighted by atomic mass is 9.50. The van der Waals surface area contributed by atoms with Crippen LogP contribution in [0.1, 0.15) is 89.8 Å². The lowest BCUT2D eigenvalue weighted by Gasteiger charge is -2.54. The molecule has 0 radical (unpaired) electrons. The summed E-state index contributed by atoms with van der Waals surface area (Å²) in [5, 5.41) is -0.636. The van der Waals surface area contributed by atoms with Crippen molar-refractivity contribution < 1.29 is 9.53 Å². The van der Waals surface area contributed by atoms with Crippen molar-refractivity contribution in [1.29, 1.82) is 0 Å². The van der Waals surface area contributed by atoms with Crippen LogP contribution in [0.4, 0.5) is 0 Å². The van der Waals surface area contributed by atoms with Crippen LogP contribution in [-0.2, 0) is 16.6 Å². The summed E-state index contributed by atoms with van der Waals surface area (Å²) in [4.78, 5) is 12.2. The maximum atomic E-state index is 12.2. The molecule has 0 aliphatic heterocycles. The van der Waals surface area contributed by atoms with E-state index in [1.54, 1.807) is 6.92 Å². The van der Waals surface area contributed by atoms with Gasteiger partial charge in [-0.1, -0.05) is 47.1 Å². The van der Waals surface area contributed by atoms with E-state index in [-0.39, 0.29) is 11.4 Å². The number of carbonyl (C=O) groups is 1. The lowest BCUT2D eigenvalue weighted by molar-refractivity contribution is -0.133. The zero-order valence-corrected chi connectivity index (χ0v) is 17.9. The van der Waals surface area contributed by atoms with Gasteiger partial charge in [0.2, 0.25) is 0 Å². The predicted molar refractivity (Wildman–Crippen MR) is 108 cm³/mol. The average molecular weight is 377 g/mol. The third-order valence-corrected chi connectivity index (χ3v) is 7.12. The van der Waals surface area contributed by atoms with Crippen LogP contribution in [0, 0.1) is 11.3 Å². The minimum absolute atomic E-state index is 0.165. The number of benzene rings is 1. The van der Waals surface area contributed by atoms with Crippen LogP contribution in [0.25, 0.3) is 0 Å². The zero-order valence-electron chi connectivity index (χ0n) is 17.1. The highest BCUT2D eigenvalue weighted by molar-refractivity contribution is 6.29. The monoisotopic (exact) mass is 376 g/mol. The summed E-state index contributed by atoms with van der Waals surface area (Å²) < 4.78 is 5.74. The molecule has 1 aromatic rings. The molecule has 3 rings (SSSR count). The predicted octanol–water partition coefficient (Wildman–Crippen LogP) is 6.37. The van der Waals surface area contributed by atoms with Gasteiger partial charge in [0.05, 0.1) is 0 Å². The molecule has 2 aliphatic carbocycles. The van der Waals surface area contributed by atoms with Gasteiger partial charge in [0, 0.05) is 0 Å². The summed E-state index contributed by atoms with van der Waals surface area (Å²) in [5.74, 6) is 1.33. The second kappa shape index (κ2) is 6.86. The van der Waals surface area contributed by atoms with Gasteiger partial charge in [0.15, 0.2) is 0 Å². The highest BCUT2D eigenvalue weighted by Crippen LogP contribution is 2.57. The van der Waals surface area contributed by atoms with Crippen molar-refractivity contribution >= 4 is 17.6 Å². The molecule has 1 unspecified atom stereocenters. The summed E-state index contributed by atoms with van der Waals surface area (Å²) in [5.41, 5.74) is 4.49. The van der Waals surface area contributed by atoms with Crippen LogP contribution < -0.4 is 4.74 Å². The second-order valence-corrected chi connectivity index (χ2v) is 10.2. The van der Waals surface area contributed by atoms with E-state index in [4.69, 9.17) is 16.3 Å². The van der Waals surface area contributed by atoms with Crippen LogP contribution in [0.15, 0.2) is 12.1 Å². The molecule has 0 bridgehead atoms. The average Bonchev–Trinajstić information content (AvgIpc) is 2.53. The highest BCUT2D eigenvalue weighted by Gasteiger charge is 2.49. The fraction of sp³-hybridized carbons (Fsp3) is 0.696. The number of hydrogen-bond acceptors (Lipinski definition) is 2. The largest absolute Gasteiger partial charge is 0.425 e. The molecule has 2 nitrogen and oxygen atoms in total. The standard InChI is InChI=1S/C23H33ClO2/c1-14(2)17-12-16-8-9-20-22(4,5)10-7-11-23(20,6)18(16)13-19(17)26-21(25)15(3)24/h12-15,20H,7-11H2,1-6H3/t15?,20-,23+/m0/s1. The van der Waals surface area contributed by atoms with Gasteiger partial charge in [-0.2, -0.15) is 0 Å². The molecule has 3 heteroatoms. The Morgan fingerprint density at radius 2 is 1.88 bits per heavy atom. The first-order valence-corrected chi connectivity index (χ1v) is 10.5. The van der Waals surface area contributed by atoms with Gasteiger partial charge in [-0.15, -0.1) is 11.6 Å². The topological polar surface area (TPSA) is 26.3 Å². The molecule has 0 heterocycles. The molecule has 0 saturated heterocycles. The molecule has 144 valence electrons. The van der Waals surface area contributed by atoms with Gasteiger partial charge in [0.25, 0.3) is 0 Å². The van der Waals surface area contributed by atoms with E-state index in [1.807, 2.05) is 0 Å². The van der Waals surface area contributed by atoms with E-state index in [1.165, 1.54) is 36.8 Å². The van der Waals surface area contributed by atoms with Crippen molar-refractivity contribution in [3.63, 3.8) is 0 Å². The van der Waals surface area contributed by atoms with Crippen LogP contribution >= 0.6 is 11.6 Å². The first-order chi connectivity index (χ1) is 12.1. The van der Waals surface area contributed by atoms with Crippen LogP contribution in [0.5, 0.6) is 5.75 Å². The molecule has 3 atom stereocenters. The normalized spacial score (nSPS) is 28.2. The van der Waals surface area contributed by atoms with Gasteiger partial charge < -0.3 is 4.74 Å². The maximum absolute atomic E-state index is 12.2. The van der Waals surface area contributed by atoms with Gasteiger partial charge in [-0.05, 0) is 78.0 Å². The molecule has 0 aromatic heterocycles. The van der Waals surface area contributed by atoms with E-state index in [0.29, 0.717) is 23.0 Å².